The molecule has 1 rings (SSSR count). The molecule has 368 valence electrons. The van der Waals surface area contributed by atoms with Gasteiger partial charge in [0.1, 0.15) is 31.0 Å². The van der Waals surface area contributed by atoms with Crippen molar-refractivity contribution in [2.24, 2.45) is 5.92 Å². The molecule has 7 nitrogen and oxygen atoms in total. The highest BCUT2D eigenvalue weighted by Crippen LogP contribution is 2.28. The fourth-order valence-electron chi connectivity index (χ4n) is 6.78. The van der Waals surface area contributed by atoms with Crippen molar-refractivity contribution in [2.45, 2.75) is 196 Å². The number of unbranched alkanes of at least 4 members (excludes halogenated alkanes) is 6. The Kier molecular flexibility index (Phi) is 31.9. The standard InChI is InChI=1S/C59H90O7/c1-45(2)28-18-16-14-13-15-17-19-42-54(60)64-44-53-55(61)56(62)57(63)58(65-53)66-59(11,12)43-27-41-52(10)40-26-39-51(9)37-24-34-48(6)31-21-20-30-47(5)33-23-36-50(8)38-25-35-49(7)32-22-29-46(3)4/h20-21,23-27,29-31,33-41,45,53,55-58,61-63H,13-19,22,28,32,42-44H2,1-12H3/b21-20+,33-23+,34-24+,38-25+,39-26+,41-27+,47-30+,48-31+,49-35+,50-36+,51-37+,52-40+/t53-,55-,56+,57-,58+/m1/s1. The first-order chi connectivity index (χ1) is 31.3. The van der Waals surface area contributed by atoms with Gasteiger partial charge in [-0.1, -0.05) is 213 Å². The molecule has 0 bridgehead atoms. The summed E-state index contributed by atoms with van der Waals surface area (Å²) in [4.78, 5) is 12.4. The zero-order valence-electron chi connectivity index (χ0n) is 43.1. The fraction of sp³-hybridized carbons (Fsp3) is 0.542. The summed E-state index contributed by atoms with van der Waals surface area (Å²) in [6.07, 6.45) is 45.1. The molecule has 1 aliphatic rings. The molecule has 0 aromatic rings. The Morgan fingerprint density at radius 3 is 1.58 bits per heavy atom. The van der Waals surface area contributed by atoms with E-state index in [9.17, 15) is 20.1 Å². The third-order valence-electron chi connectivity index (χ3n) is 11.0. The van der Waals surface area contributed by atoms with Crippen molar-refractivity contribution < 1.29 is 34.3 Å². The summed E-state index contributed by atoms with van der Waals surface area (Å²) in [6.45, 7) is 24.8. The fourth-order valence-corrected chi connectivity index (χ4v) is 6.78. The van der Waals surface area contributed by atoms with Gasteiger partial charge in [-0.15, -0.1) is 0 Å². The van der Waals surface area contributed by atoms with Gasteiger partial charge >= 0.3 is 5.97 Å². The van der Waals surface area contributed by atoms with Crippen LogP contribution in [0.15, 0.2) is 154 Å². The molecule has 0 radical (unpaired) electrons. The minimum absolute atomic E-state index is 0.235. The number of aliphatic hydroxyl groups is 3. The van der Waals surface area contributed by atoms with Crippen molar-refractivity contribution in [1.82, 2.24) is 0 Å². The van der Waals surface area contributed by atoms with Crippen LogP contribution in [0.4, 0.5) is 0 Å². The van der Waals surface area contributed by atoms with E-state index in [1.165, 1.54) is 54.4 Å². The molecule has 0 spiro atoms. The van der Waals surface area contributed by atoms with Crippen molar-refractivity contribution in [3.05, 3.63) is 154 Å². The second-order valence-electron chi connectivity index (χ2n) is 19.3. The maximum atomic E-state index is 12.4. The molecular formula is C59H90O7. The van der Waals surface area contributed by atoms with Gasteiger partial charge in [-0.05, 0) is 101 Å². The van der Waals surface area contributed by atoms with Crippen LogP contribution in [0.2, 0.25) is 0 Å². The Labute approximate surface area is 402 Å². The van der Waals surface area contributed by atoms with Gasteiger partial charge in [-0.3, -0.25) is 4.79 Å². The number of hydrogen-bond donors (Lipinski definition) is 3. The predicted octanol–water partition coefficient (Wildman–Crippen LogP) is 14.5. The molecule has 0 aromatic heterocycles. The summed E-state index contributed by atoms with van der Waals surface area (Å²) in [5.74, 6) is 0.389. The van der Waals surface area contributed by atoms with E-state index in [0.29, 0.717) is 12.8 Å². The summed E-state index contributed by atoms with van der Waals surface area (Å²) in [5, 5.41) is 31.8. The number of carbonyl (C=O) groups excluding carboxylic acids is 1. The van der Waals surface area contributed by atoms with Crippen LogP contribution in [-0.4, -0.2) is 64.2 Å². The van der Waals surface area contributed by atoms with Crippen molar-refractivity contribution in [2.75, 3.05) is 6.61 Å². The molecule has 0 aliphatic carbocycles. The van der Waals surface area contributed by atoms with Gasteiger partial charge < -0.3 is 29.5 Å². The van der Waals surface area contributed by atoms with Gasteiger partial charge in [0.15, 0.2) is 6.29 Å². The summed E-state index contributed by atoms with van der Waals surface area (Å²) < 4.78 is 17.4. The SMILES string of the molecule is CC(C)=CCC/C(C)=C/C=C/C(C)=C/C=C/C(C)=C/C=C/C=C(C)/C=C/C=C(C)/C=C/C=C(C)/C=C/CC(C)(C)O[C@@H]1O[C@H](COC(=O)CCCCCCCCCC(C)C)[C@@H](O)[C@H](O)[C@H]1O. The van der Waals surface area contributed by atoms with Gasteiger partial charge in [0.2, 0.25) is 0 Å². The van der Waals surface area contributed by atoms with E-state index >= 15 is 0 Å². The Morgan fingerprint density at radius 1 is 0.591 bits per heavy atom. The van der Waals surface area contributed by atoms with Gasteiger partial charge in [0, 0.05) is 6.42 Å². The average Bonchev–Trinajstić information content (AvgIpc) is 3.24. The zero-order valence-corrected chi connectivity index (χ0v) is 43.1. The van der Waals surface area contributed by atoms with Crippen molar-refractivity contribution in [3.63, 3.8) is 0 Å². The summed E-state index contributed by atoms with van der Waals surface area (Å²) in [6, 6.07) is 0. The van der Waals surface area contributed by atoms with E-state index < -0.39 is 36.3 Å². The molecule has 0 aromatic carbocycles. The number of rotatable bonds is 30. The lowest BCUT2D eigenvalue weighted by Crippen LogP contribution is -2.60. The molecular weight excluding hydrogens is 821 g/mol. The van der Waals surface area contributed by atoms with E-state index in [4.69, 9.17) is 14.2 Å². The molecule has 3 N–H and O–H groups in total. The van der Waals surface area contributed by atoms with Gasteiger partial charge in [0.05, 0.1) is 5.60 Å². The molecule has 7 heteroatoms. The summed E-state index contributed by atoms with van der Waals surface area (Å²) in [5.41, 5.74) is 7.68. The highest BCUT2D eigenvalue weighted by atomic mass is 16.7. The number of aliphatic hydroxyl groups excluding tert-OH is 3. The Hall–Kier alpha value is -4.11. The molecule has 0 unspecified atom stereocenters. The quantitative estimate of drug-likeness (QED) is 0.0285. The third kappa shape index (κ3) is 31.0. The monoisotopic (exact) mass is 911 g/mol. The van der Waals surface area contributed by atoms with E-state index in [-0.39, 0.29) is 12.6 Å². The maximum Gasteiger partial charge on any atom is 0.305 e. The lowest BCUT2D eigenvalue weighted by molar-refractivity contribution is -0.323. The van der Waals surface area contributed by atoms with E-state index in [0.717, 1.165) is 54.7 Å². The zero-order chi connectivity index (χ0) is 49.3. The minimum atomic E-state index is -1.51. The smallest absolute Gasteiger partial charge is 0.305 e. The number of ether oxygens (including phenoxy) is 3. The molecule has 1 fully saturated rings. The lowest BCUT2D eigenvalue weighted by Gasteiger charge is -2.42. The highest BCUT2D eigenvalue weighted by molar-refractivity contribution is 5.69. The molecule has 66 heavy (non-hydrogen) atoms. The predicted molar refractivity (Wildman–Crippen MR) is 280 cm³/mol. The number of esters is 1. The topological polar surface area (TPSA) is 105 Å². The normalized spacial score (nSPS) is 21.4. The van der Waals surface area contributed by atoms with Gasteiger partial charge in [0.25, 0.3) is 0 Å². The first-order valence-electron chi connectivity index (χ1n) is 24.5. The lowest BCUT2D eigenvalue weighted by atomic mass is 9.98. The Balaban J connectivity index is 2.55. The second-order valence-corrected chi connectivity index (χ2v) is 19.3. The van der Waals surface area contributed by atoms with Crippen LogP contribution in [0.3, 0.4) is 0 Å². The third-order valence-corrected chi connectivity index (χ3v) is 11.0. The van der Waals surface area contributed by atoms with E-state index in [1.807, 2.05) is 51.2 Å². The number of hydrogen-bond acceptors (Lipinski definition) is 7. The second kappa shape index (κ2) is 35.1. The van der Waals surface area contributed by atoms with Crippen LogP contribution in [0, 0.1) is 5.92 Å². The van der Waals surface area contributed by atoms with Crippen LogP contribution in [0.5, 0.6) is 0 Å². The molecule has 1 heterocycles. The van der Waals surface area contributed by atoms with Gasteiger partial charge in [-0.25, -0.2) is 0 Å². The van der Waals surface area contributed by atoms with E-state index in [2.05, 4.69) is 147 Å². The van der Waals surface area contributed by atoms with Crippen molar-refractivity contribution in [3.8, 4) is 0 Å². The minimum Gasteiger partial charge on any atom is -0.463 e. The number of carbonyl (C=O) groups is 1. The van der Waals surface area contributed by atoms with Crippen molar-refractivity contribution >= 4 is 5.97 Å². The van der Waals surface area contributed by atoms with Crippen molar-refractivity contribution in [1.29, 1.82) is 0 Å². The molecule has 0 saturated carbocycles. The highest BCUT2D eigenvalue weighted by Gasteiger charge is 2.46. The first kappa shape index (κ1) is 59.9. The molecule has 1 saturated heterocycles. The number of allylic oxidation sites excluding steroid dienone is 25. The Bertz CT molecular complexity index is 1810. The van der Waals surface area contributed by atoms with E-state index in [1.54, 1.807) is 0 Å². The van der Waals surface area contributed by atoms with Crippen LogP contribution in [-0.2, 0) is 19.0 Å². The molecule has 5 atom stereocenters. The van der Waals surface area contributed by atoms with Gasteiger partial charge in [-0.2, -0.15) is 0 Å². The Morgan fingerprint density at radius 2 is 1.06 bits per heavy atom. The molecule has 0 amide bonds. The summed E-state index contributed by atoms with van der Waals surface area (Å²) >= 11 is 0. The average molecular weight is 911 g/mol. The summed E-state index contributed by atoms with van der Waals surface area (Å²) in [7, 11) is 0. The van der Waals surface area contributed by atoms with Crippen LogP contribution in [0.1, 0.15) is 160 Å². The largest absolute Gasteiger partial charge is 0.463 e. The van der Waals surface area contributed by atoms with Crippen LogP contribution in [0.25, 0.3) is 0 Å². The van der Waals surface area contributed by atoms with Crippen LogP contribution >= 0.6 is 0 Å². The van der Waals surface area contributed by atoms with Crippen LogP contribution < -0.4 is 0 Å². The molecule has 1 aliphatic heterocycles. The first-order valence-corrected chi connectivity index (χ1v) is 24.5. The maximum absolute atomic E-state index is 12.4.